The number of methoxy groups -OCH3 is 1. The quantitative estimate of drug-likeness (QED) is 0.881. The highest BCUT2D eigenvalue weighted by atomic mass is 16.5. The third-order valence-corrected chi connectivity index (χ3v) is 4.07. The average molecular weight is 261 g/mol. The first-order valence-electron chi connectivity index (χ1n) is 7.37. The van der Waals surface area contributed by atoms with E-state index in [0.717, 1.165) is 18.1 Å². The lowest BCUT2D eigenvalue weighted by atomic mass is 10.0. The van der Waals surface area contributed by atoms with Crippen LogP contribution in [-0.4, -0.2) is 37.3 Å². The highest BCUT2D eigenvalue weighted by molar-refractivity contribution is 5.43. The molecule has 0 amide bonds. The number of pyridine rings is 1. The van der Waals surface area contributed by atoms with Gasteiger partial charge in [0.1, 0.15) is 11.6 Å². The van der Waals surface area contributed by atoms with Crippen molar-refractivity contribution in [3.63, 3.8) is 0 Å². The first kappa shape index (κ1) is 12.7. The molecular formula is C15H23N3O. The van der Waals surface area contributed by atoms with Crippen LogP contribution in [0.15, 0.2) is 18.3 Å². The van der Waals surface area contributed by atoms with Gasteiger partial charge in [-0.1, -0.05) is 6.42 Å². The number of rotatable bonds is 5. The zero-order valence-electron chi connectivity index (χ0n) is 11.6. The Bertz CT molecular complexity index is 396. The van der Waals surface area contributed by atoms with E-state index in [2.05, 4.69) is 21.3 Å². The first-order valence-corrected chi connectivity index (χ1v) is 7.37. The minimum Gasteiger partial charge on any atom is -0.495 e. The Morgan fingerprint density at radius 3 is 2.79 bits per heavy atom. The second-order valence-corrected chi connectivity index (χ2v) is 5.59. The summed E-state index contributed by atoms with van der Waals surface area (Å²) in [6.45, 7) is 2.25. The van der Waals surface area contributed by atoms with E-state index in [1.54, 1.807) is 7.11 Å². The van der Waals surface area contributed by atoms with Gasteiger partial charge in [0.25, 0.3) is 0 Å². The zero-order valence-corrected chi connectivity index (χ0v) is 11.6. The van der Waals surface area contributed by atoms with Crippen molar-refractivity contribution in [3.8, 4) is 5.75 Å². The fourth-order valence-corrected chi connectivity index (χ4v) is 2.80. The monoisotopic (exact) mass is 261 g/mol. The number of nitrogens with one attached hydrogen (secondary N) is 1. The smallest absolute Gasteiger partial charge is 0.137 e. The molecule has 1 aliphatic heterocycles. The first-order chi connectivity index (χ1) is 9.36. The summed E-state index contributed by atoms with van der Waals surface area (Å²) in [5, 5.41) is 3.63. The largest absolute Gasteiger partial charge is 0.495 e. The Morgan fingerprint density at radius 2 is 2.21 bits per heavy atom. The van der Waals surface area contributed by atoms with Crippen LogP contribution < -0.4 is 15.0 Å². The Hall–Kier alpha value is -1.29. The molecule has 2 heterocycles. The fraction of sp³-hybridized carbons (Fsp3) is 0.667. The van der Waals surface area contributed by atoms with Crippen molar-refractivity contribution in [2.75, 3.05) is 25.1 Å². The van der Waals surface area contributed by atoms with Crippen LogP contribution in [0.5, 0.6) is 5.75 Å². The molecule has 2 fully saturated rings. The van der Waals surface area contributed by atoms with Crippen molar-refractivity contribution < 1.29 is 4.74 Å². The minimum atomic E-state index is 0.623. The summed E-state index contributed by atoms with van der Waals surface area (Å²) >= 11 is 0. The van der Waals surface area contributed by atoms with E-state index in [1.807, 2.05) is 12.3 Å². The van der Waals surface area contributed by atoms with Crippen LogP contribution in [0.3, 0.4) is 0 Å². The van der Waals surface area contributed by atoms with Gasteiger partial charge in [0.2, 0.25) is 0 Å². The van der Waals surface area contributed by atoms with E-state index in [9.17, 15) is 0 Å². The molecule has 0 aromatic carbocycles. The summed E-state index contributed by atoms with van der Waals surface area (Å²) < 4.78 is 5.18. The maximum absolute atomic E-state index is 5.18. The average Bonchev–Trinajstić information content (AvgIpc) is 3.31. The van der Waals surface area contributed by atoms with E-state index in [0.29, 0.717) is 12.1 Å². The third kappa shape index (κ3) is 3.18. The normalized spacial score (nSPS) is 23.1. The number of nitrogens with zero attached hydrogens (tertiary/aromatic N) is 2. The Labute approximate surface area is 115 Å². The van der Waals surface area contributed by atoms with Crippen molar-refractivity contribution in [1.29, 1.82) is 0 Å². The van der Waals surface area contributed by atoms with Gasteiger partial charge in [0, 0.05) is 18.6 Å². The molecule has 1 unspecified atom stereocenters. The van der Waals surface area contributed by atoms with Crippen LogP contribution in [0.1, 0.15) is 32.1 Å². The van der Waals surface area contributed by atoms with Crippen molar-refractivity contribution in [3.05, 3.63) is 18.3 Å². The van der Waals surface area contributed by atoms with Crippen LogP contribution in [0.2, 0.25) is 0 Å². The van der Waals surface area contributed by atoms with Crippen molar-refractivity contribution in [2.24, 2.45) is 0 Å². The molecule has 0 spiro atoms. The molecule has 19 heavy (non-hydrogen) atoms. The number of hydrogen-bond acceptors (Lipinski definition) is 4. The number of anilines is 1. The molecule has 0 bridgehead atoms. The molecule has 1 saturated carbocycles. The van der Waals surface area contributed by atoms with Gasteiger partial charge in [0.15, 0.2) is 0 Å². The second-order valence-electron chi connectivity index (χ2n) is 5.59. The van der Waals surface area contributed by atoms with E-state index in [1.165, 1.54) is 38.6 Å². The second kappa shape index (κ2) is 5.78. The number of piperidine rings is 1. The number of aromatic nitrogens is 1. The van der Waals surface area contributed by atoms with Crippen molar-refractivity contribution in [1.82, 2.24) is 10.3 Å². The van der Waals surface area contributed by atoms with Gasteiger partial charge in [-0.25, -0.2) is 4.98 Å². The molecule has 1 atom stereocenters. The summed E-state index contributed by atoms with van der Waals surface area (Å²) in [6, 6.07) is 5.41. The molecule has 1 aromatic rings. The highest BCUT2D eigenvalue weighted by Gasteiger charge is 2.31. The van der Waals surface area contributed by atoms with Crippen molar-refractivity contribution in [2.45, 2.75) is 44.2 Å². The summed E-state index contributed by atoms with van der Waals surface area (Å²) in [5.41, 5.74) is 0. The lowest BCUT2D eigenvalue weighted by Crippen LogP contribution is -2.44. The molecule has 4 heteroatoms. The minimum absolute atomic E-state index is 0.623. The SMILES string of the molecule is COc1ccc(N(CC2CCCCN2)C2CC2)nc1. The summed E-state index contributed by atoms with van der Waals surface area (Å²) in [4.78, 5) is 7.02. The summed E-state index contributed by atoms with van der Waals surface area (Å²) in [6.07, 6.45) is 8.40. The van der Waals surface area contributed by atoms with Crippen LogP contribution in [0, 0.1) is 0 Å². The van der Waals surface area contributed by atoms with Gasteiger partial charge in [-0.15, -0.1) is 0 Å². The molecule has 1 aliphatic carbocycles. The van der Waals surface area contributed by atoms with Crippen LogP contribution in [0.25, 0.3) is 0 Å². The van der Waals surface area contributed by atoms with Crippen LogP contribution in [0.4, 0.5) is 5.82 Å². The van der Waals surface area contributed by atoms with E-state index >= 15 is 0 Å². The Morgan fingerprint density at radius 1 is 1.32 bits per heavy atom. The van der Waals surface area contributed by atoms with Gasteiger partial charge in [-0.05, 0) is 44.4 Å². The van der Waals surface area contributed by atoms with Crippen molar-refractivity contribution >= 4 is 5.82 Å². The molecule has 1 N–H and O–H groups in total. The van der Waals surface area contributed by atoms with Gasteiger partial charge in [-0.3, -0.25) is 0 Å². The summed E-state index contributed by atoms with van der Waals surface area (Å²) in [7, 11) is 1.68. The topological polar surface area (TPSA) is 37.4 Å². The summed E-state index contributed by atoms with van der Waals surface area (Å²) in [5.74, 6) is 1.92. The Balaban J connectivity index is 1.68. The third-order valence-electron chi connectivity index (χ3n) is 4.07. The molecular weight excluding hydrogens is 238 g/mol. The van der Waals surface area contributed by atoms with E-state index < -0.39 is 0 Å². The van der Waals surface area contributed by atoms with Gasteiger partial charge in [-0.2, -0.15) is 0 Å². The zero-order chi connectivity index (χ0) is 13.1. The van der Waals surface area contributed by atoms with E-state index in [4.69, 9.17) is 4.74 Å². The van der Waals surface area contributed by atoms with Gasteiger partial charge in [0.05, 0.1) is 13.3 Å². The standard InChI is InChI=1S/C15H23N3O/c1-19-14-7-8-15(17-10-14)18(13-5-6-13)11-12-4-2-3-9-16-12/h7-8,10,12-13,16H,2-6,9,11H2,1H3. The maximum atomic E-state index is 5.18. The molecule has 3 rings (SSSR count). The molecule has 1 aromatic heterocycles. The predicted octanol–water partition coefficient (Wildman–Crippen LogP) is 2.20. The number of ether oxygens (including phenoxy) is 1. The van der Waals surface area contributed by atoms with Crippen LogP contribution in [-0.2, 0) is 0 Å². The van der Waals surface area contributed by atoms with Crippen LogP contribution >= 0.6 is 0 Å². The molecule has 104 valence electrons. The molecule has 4 nitrogen and oxygen atoms in total. The van der Waals surface area contributed by atoms with Gasteiger partial charge >= 0.3 is 0 Å². The van der Waals surface area contributed by atoms with Gasteiger partial charge < -0.3 is 15.0 Å². The predicted molar refractivity (Wildman–Crippen MR) is 76.8 cm³/mol. The lowest BCUT2D eigenvalue weighted by Gasteiger charge is -2.31. The lowest BCUT2D eigenvalue weighted by molar-refractivity contribution is 0.397. The maximum Gasteiger partial charge on any atom is 0.137 e. The highest BCUT2D eigenvalue weighted by Crippen LogP contribution is 2.31. The number of hydrogen-bond donors (Lipinski definition) is 1. The van der Waals surface area contributed by atoms with E-state index in [-0.39, 0.29) is 0 Å². The molecule has 2 aliphatic rings. The molecule has 1 saturated heterocycles. The Kier molecular flexibility index (Phi) is 3.87. The fourth-order valence-electron chi connectivity index (χ4n) is 2.80. The molecule has 0 radical (unpaired) electrons.